The number of hydrogen-bond donors (Lipinski definition) is 1. The van der Waals surface area contributed by atoms with Crippen LogP contribution in [0.2, 0.25) is 10.0 Å². The monoisotopic (exact) mass is 527 g/mol. The van der Waals surface area contributed by atoms with Gasteiger partial charge in [0.05, 0.1) is 11.4 Å². The lowest BCUT2D eigenvalue weighted by atomic mass is 10.1. The first-order valence-electron chi connectivity index (χ1n) is 11.0. The minimum atomic E-state index is -3.90. The van der Waals surface area contributed by atoms with Gasteiger partial charge in [-0.2, -0.15) is 4.31 Å². The van der Waals surface area contributed by atoms with E-state index in [1.165, 1.54) is 24.1 Å². The summed E-state index contributed by atoms with van der Waals surface area (Å²) in [6, 6.07) is 10.5. The third kappa shape index (κ3) is 7.18. The average molecular weight is 529 g/mol. The number of likely N-dealkylation sites (N-methyl/N-ethyl adjacent to an activating group) is 1. The number of nitrogens with zero attached hydrogens (tertiary/aromatic N) is 2. The second-order valence-corrected chi connectivity index (χ2v) is 10.9. The molecule has 34 heavy (non-hydrogen) atoms. The van der Waals surface area contributed by atoms with Crippen molar-refractivity contribution >= 4 is 45.0 Å². The highest BCUT2D eigenvalue weighted by molar-refractivity contribution is 7.89. The van der Waals surface area contributed by atoms with Gasteiger partial charge < -0.3 is 10.2 Å². The zero-order valence-electron chi connectivity index (χ0n) is 19.8. The summed E-state index contributed by atoms with van der Waals surface area (Å²) < 4.78 is 27.0. The molecule has 2 rings (SSSR count). The van der Waals surface area contributed by atoms with Crippen LogP contribution in [-0.4, -0.2) is 55.6 Å². The molecular formula is C24H31Cl2N3O4S. The van der Waals surface area contributed by atoms with E-state index in [4.69, 9.17) is 23.2 Å². The fraction of sp³-hybridized carbons (Fsp3) is 0.417. The Labute approximate surface area is 212 Å². The predicted octanol–water partition coefficient (Wildman–Crippen LogP) is 4.26. The number of aryl methyl sites for hydroxylation is 1. The molecule has 0 aliphatic heterocycles. The Morgan fingerprint density at radius 3 is 2.26 bits per heavy atom. The Balaban J connectivity index is 2.34. The van der Waals surface area contributed by atoms with E-state index >= 15 is 0 Å². The van der Waals surface area contributed by atoms with Gasteiger partial charge in [0.15, 0.2) is 0 Å². The van der Waals surface area contributed by atoms with E-state index in [1.807, 2.05) is 13.8 Å². The summed E-state index contributed by atoms with van der Waals surface area (Å²) in [4.78, 5) is 27.7. The third-order valence-corrected chi connectivity index (χ3v) is 7.78. The van der Waals surface area contributed by atoms with Crippen LogP contribution in [0.3, 0.4) is 0 Å². The second-order valence-electron chi connectivity index (χ2n) is 8.05. The zero-order valence-corrected chi connectivity index (χ0v) is 22.2. The predicted molar refractivity (Wildman–Crippen MR) is 135 cm³/mol. The lowest BCUT2D eigenvalue weighted by Crippen LogP contribution is -2.51. The molecule has 1 unspecified atom stereocenters. The summed E-state index contributed by atoms with van der Waals surface area (Å²) in [5.74, 6) is -0.811. The number of sulfonamides is 1. The quantitative estimate of drug-likeness (QED) is 0.473. The van der Waals surface area contributed by atoms with E-state index in [1.54, 1.807) is 37.3 Å². The van der Waals surface area contributed by atoms with Crippen molar-refractivity contribution < 1.29 is 18.0 Å². The van der Waals surface area contributed by atoms with Crippen molar-refractivity contribution in [2.24, 2.45) is 0 Å². The Morgan fingerprint density at radius 2 is 1.71 bits per heavy atom. The van der Waals surface area contributed by atoms with Gasteiger partial charge in [0.25, 0.3) is 0 Å². The first-order chi connectivity index (χ1) is 16.0. The Morgan fingerprint density at radius 1 is 1.06 bits per heavy atom. The van der Waals surface area contributed by atoms with Crippen molar-refractivity contribution in [2.75, 3.05) is 20.1 Å². The topological polar surface area (TPSA) is 86.8 Å². The molecule has 0 aromatic heterocycles. The Hall–Kier alpha value is -2.13. The molecule has 0 heterocycles. The van der Waals surface area contributed by atoms with Crippen molar-refractivity contribution in [3.63, 3.8) is 0 Å². The number of benzene rings is 2. The molecule has 2 amide bonds. The number of hydrogen-bond acceptors (Lipinski definition) is 4. The molecule has 2 aromatic rings. The van der Waals surface area contributed by atoms with Crippen molar-refractivity contribution in [1.82, 2.24) is 14.5 Å². The van der Waals surface area contributed by atoms with Crippen molar-refractivity contribution in [2.45, 2.75) is 51.1 Å². The maximum absolute atomic E-state index is 13.4. The summed E-state index contributed by atoms with van der Waals surface area (Å²) in [5, 5.41) is 3.63. The minimum Gasteiger partial charge on any atom is -0.354 e. The fourth-order valence-corrected chi connectivity index (χ4v) is 4.96. The highest BCUT2D eigenvalue weighted by atomic mass is 35.5. The fourth-order valence-electron chi connectivity index (χ4n) is 3.38. The molecule has 2 aromatic carbocycles. The van der Waals surface area contributed by atoms with E-state index in [-0.39, 0.29) is 17.3 Å². The molecular weight excluding hydrogens is 497 g/mol. The van der Waals surface area contributed by atoms with Crippen LogP contribution in [0.4, 0.5) is 0 Å². The molecule has 0 aliphatic rings. The van der Waals surface area contributed by atoms with Crippen molar-refractivity contribution in [3.8, 4) is 0 Å². The van der Waals surface area contributed by atoms with Crippen LogP contribution < -0.4 is 5.32 Å². The van der Waals surface area contributed by atoms with Crippen LogP contribution in [0, 0.1) is 6.92 Å². The molecule has 7 nitrogen and oxygen atoms in total. The standard InChI is InChI=1S/C24H31Cl2N3O4S/c1-5-13-27-24(31)22(6-2)29(15-18-9-10-19(25)14-21(18)26)23(30)16-28(4)34(32,33)20-11-7-17(3)8-12-20/h7-12,14,22H,5-6,13,15-16H2,1-4H3,(H,27,31). The first kappa shape index (κ1) is 28.1. The maximum atomic E-state index is 13.4. The van der Waals surface area contributed by atoms with Gasteiger partial charge in [0, 0.05) is 30.2 Å². The molecule has 0 saturated carbocycles. The van der Waals surface area contributed by atoms with Gasteiger partial charge in [-0.15, -0.1) is 0 Å². The third-order valence-electron chi connectivity index (χ3n) is 5.38. The molecule has 1 atom stereocenters. The number of amides is 2. The minimum absolute atomic E-state index is 0.0330. The van der Waals surface area contributed by atoms with Crippen molar-refractivity contribution in [1.29, 1.82) is 0 Å². The summed E-state index contributed by atoms with van der Waals surface area (Å²) in [6.07, 6.45) is 1.09. The van der Waals surface area contributed by atoms with E-state index in [0.717, 1.165) is 16.3 Å². The highest BCUT2D eigenvalue weighted by Crippen LogP contribution is 2.24. The number of rotatable bonds is 11. The summed E-state index contributed by atoms with van der Waals surface area (Å²) in [6.45, 7) is 5.66. The van der Waals surface area contributed by atoms with Gasteiger partial charge in [0.2, 0.25) is 21.8 Å². The van der Waals surface area contributed by atoms with Crippen LogP contribution in [0.1, 0.15) is 37.8 Å². The number of nitrogens with one attached hydrogen (secondary N) is 1. The molecule has 0 saturated heterocycles. The van der Waals surface area contributed by atoms with Crippen LogP contribution in [0.5, 0.6) is 0 Å². The summed E-state index contributed by atoms with van der Waals surface area (Å²) in [7, 11) is -2.55. The molecule has 1 N–H and O–H groups in total. The number of carbonyl (C=O) groups excluding carboxylic acids is 2. The summed E-state index contributed by atoms with van der Waals surface area (Å²) in [5.41, 5.74) is 1.53. The van der Waals surface area contributed by atoms with Gasteiger partial charge in [-0.1, -0.05) is 60.8 Å². The SMILES string of the molecule is CCCNC(=O)C(CC)N(Cc1ccc(Cl)cc1Cl)C(=O)CN(C)S(=O)(=O)c1ccc(C)cc1. The zero-order chi connectivity index (χ0) is 25.5. The lowest BCUT2D eigenvalue weighted by Gasteiger charge is -2.32. The van der Waals surface area contributed by atoms with E-state index < -0.39 is 28.5 Å². The van der Waals surface area contributed by atoms with Crippen LogP contribution >= 0.6 is 23.2 Å². The smallest absolute Gasteiger partial charge is 0.243 e. The van der Waals surface area contributed by atoms with Crippen LogP contribution in [-0.2, 0) is 26.2 Å². The van der Waals surface area contributed by atoms with E-state index in [9.17, 15) is 18.0 Å². The molecule has 186 valence electrons. The lowest BCUT2D eigenvalue weighted by molar-refractivity contribution is -0.141. The van der Waals surface area contributed by atoms with E-state index in [2.05, 4.69) is 5.32 Å². The van der Waals surface area contributed by atoms with Crippen LogP contribution in [0.15, 0.2) is 47.4 Å². The molecule has 0 radical (unpaired) electrons. The number of halogens is 2. The average Bonchev–Trinajstić information content (AvgIpc) is 2.79. The number of carbonyl (C=O) groups is 2. The molecule has 0 bridgehead atoms. The van der Waals surface area contributed by atoms with Crippen LogP contribution in [0.25, 0.3) is 0 Å². The van der Waals surface area contributed by atoms with Crippen molar-refractivity contribution in [3.05, 3.63) is 63.6 Å². The largest absolute Gasteiger partial charge is 0.354 e. The first-order valence-corrected chi connectivity index (χ1v) is 13.2. The van der Waals surface area contributed by atoms with Gasteiger partial charge in [-0.25, -0.2) is 8.42 Å². The maximum Gasteiger partial charge on any atom is 0.243 e. The van der Waals surface area contributed by atoms with Gasteiger partial charge in [-0.05, 0) is 49.6 Å². The molecule has 0 fully saturated rings. The normalized spacial score (nSPS) is 12.4. The Kier molecular flexibility index (Phi) is 10.4. The molecule has 10 heteroatoms. The van der Waals surface area contributed by atoms with Gasteiger partial charge in [0.1, 0.15) is 6.04 Å². The van der Waals surface area contributed by atoms with Gasteiger partial charge in [-0.3, -0.25) is 9.59 Å². The second kappa shape index (κ2) is 12.5. The molecule has 0 aliphatic carbocycles. The van der Waals surface area contributed by atoms with Gasteiger partial charge >= 0.3 is 0 Å². The highest BCUT2D eigenvalue weighted by Gasteiger charge is 2.32. The van der Waals surface area contributed by atoms with E-state index in [0.29, 0.717) is 28.6 Å². The summed E-state index contributed by atoms with van der Waals surface area (Å²) >= 11 is 12.3. The Bertz CT molecular complexity index is 1110. The molecule has 0 spiro atoms.